The molecular formula is C28H26S. The lowest BCUT2D eigenvalue weighted by Crippen LogP contribution is -2.01. The molecule has 1 atom stereocenters. The molecule has 0 aliphatic rings. The molecule has 0 bridgehead atoms. The summed E-state index contributed by atoms with van der Waals surface area (Å²) in [6.07, 6.45) is 2.13. The highest BCUT2D eigenvalue weighted by molar-refractivity contribution is 7.19. The quantitative estimate of drug-likeness (QED) is 0.268. The number of hydrogen-bond acceptors (Lipinski definition) is 1. The van der Waals surface area contributed by atoms with Gasteiger partial charge in [0.05, 0.1) is 0 Å². The number of thiophene rings is 1. The highest BCUT2D eigenvalue weighted by atomic mass is 32.1. The van der Waals surface area contributed by atoms with Crippen LogP contribution in [0.2, 0.25) is 0 Å². The Kier molecular flexibility index (Phi) is 4.64. The Morgan fingerprint density at radius 1 is 0.793 bits per heavy atom. The van der Waals surface area contributed by atoms with E-state index in [0.717, 1.165) is 12.8 Å². The number of benzene rings is 4. The van der Waals surface area contributed by atoms with Crippen LogP contribution in [0, 0.1) is 6.92 Å². The van der Waals surface area contributed by atoms with Crippen LogP contribution in [0.25, 0.3) is 31.6 Å². The number of aryl methyl sites for hydroxylation is 2. The van der Waals surface area contributed by atoms with Gasteiger partial charge in [0.15, 0.2) is 0 Å². The second-order valence-electron chi connectivity index (χ2n) is 8.12. The normalized spacial score (nSPS) is 12.8. The van der Waals surface area contributed by atoms with Crippen LogP contribution >= 0.6 is 11.3 Å². The number of hydrogen-bond donors (Lipinski definition) is 0. The fraction of sp³-hybridized carbons (Fsp3) is 0.214. The lowest BCUT2D eigenvalue weighted by Gasteiger charge is -2.17. The minimum absolute atomic E-state index is 0.494. The Morgan fingerprint density at radius 2 is 1.52 bits per heavy atom. The van der Waals surface area contributed by atoms with Gasteiger partial charge in [-0.05, 0) is 81.4 Å². The maximum atomic E-state index is 2.41. The van der Waals surface area contributed by atoms with E-state index in [2.05, 4.69) is 93.6 Å². The van der Waals surface area contributed by atoms with Crippen LogP contribution in [0.5, 0.6) is 0 Å². The first-order valence-corrected chi connectivity index (χ1v) is 11.4. The van der Waals surface area contributed by atoms with Crippen molar-refractivity contribution < 1.29 is 0 Å². The van der Waals surface area contributed by atoms with E-state index in [1.807, 2.05) is 11.3 Å². The molecule has 5 aromatic rings. The smallest absolute Gasteiger partial charge is 0.0348 e. The maximum absolute atomic E-state index is 2.41. The van der Waals surface area contributed by atoms with Gasteiger partial charge >= 0.3 is 0 Å². The van der Waals surface area contributed by atoms with Crippen molar-refractivity contribution >= 4 is 43.0 Å². The van der Waals surface area contributed by atoms with Crippen LogP contribution in [-0.4, -0.2) is 0 Å². The van der Waals surface area contributed by atoms with Crippen LogP contribution in [0.15, 0.2) is 72.8 Å². The summed E-state index contributed by atoms with van der Waals surface area (Å²) >= 11 is 1.93. The zero-order valence-electron chi connectivity index (χ0n) is 17.3. The Balaban J connectivity index is 1.65. The van der Waals surface area contributed by atoms with E-state index in [1.54, 1.807) is 0 Å². The molecule has 5 rings (SSSR count). The minimum Gasteiger partial charge on any atom is -0.140 e. The summed E-state index contributed by atoms with van der Waals surface area (Å²) < 4.78 is 1.41. The molecule has 0 radical (unpaired) electrons. The third-order valence-corrected chi connectivity index (χ3v) is 7.40. The maximum Gasteiger partial charge on any atom is 0.0348 e. The summed E-state index contributed by atoms with van der Waals surface area (Å²) in [7, 11) is 0. The number of rotatable bonds is 4. The van der Waals surface area contributed by atoms with Crippen molar-refractivity contribution in [3.8, 4) is 0 Å². The van der Waals surface area contributed by atoms with E-state index >= 15 is 0 Å². The monoisotopic (exact) mass is 394 g/mol. The third-order valence-electron chi connectivity index (χ3n) is 6.30. The molecule has 0 aliphatic carbocycles. The summed E-state index contributed by atoms with van der Waals surface area (Å²) in [4.78, 5) is 1.46. The summed E-state index contributed by atoms with van der Waals surface area (Å²) in [6.45, 7) is 6.95. The summed E-state index contributed by atoms with van der Waals surface area (Å²) in [5, 5.41) is 7.03. The highest BCUT2D eigenvalue weighted by Crippen LogP contribution is 2.38. The van der Waals surface area contributed by atoms with E-state index in [9.17, 15) is 0 Å². The van der Waals surface area contributed by atoms with Crippen molar-refractivity contribution in [3.05, 3.63) is 94.4 Å². The average Bonchev–Trinajstić information content (AvgIpc) is 3.08. The van der Waals surface area contributed by atoms with Crippen molar-refractivity contribution in [2.75, 3.05) is 0 Å². The fourth-order valence-electron chi connectivity index (χ4n) is 5.04. The summed E-state index contributed by atoms with van der Waals surface area (Å²) in [5.41, 5.74) is 4.47. The zero-order valence-corrected chi connectivity index (χ0v) is 18.1. The van der Waals surface area contributed by atoms with Gasteiger partial charge in [0, 0.05) is 9.58 Å². The minimum atomic E-state index is 0.494. The molecule has 1 aromatic heterocycles. The second-order valence-corrected chi connectivity index (χ2v) is 9.37. The molecule has 1 heteroatoms. The van der Waals surface area contributed by atoms with Crippen molar-refractivity contribution in [1.82, 2.24) is 0 Å². The fourth-order valence-corrected chi connectivity index (χ4v) is 6.22. The summed E-state index contributed by atoms with van der Waals surface area (Å²) in [6, 6.07) is 27.0. The van der Waals surface area contributed by atoms with Gasteiger partial charge in [-0.3, -0.25) is 0 Å². The van der Waals surface area contributed by atoms with Gasteiger partial charge in [0.25, 0.3) is 0 Å². The first-order chi connectivity index (χ1) is 14.2. The first kappa shape index (κ1) is 18.4. The molecule has 144 valence electrons. The molecule has 1 heterocycles. The lowest BCUT2D eigenvalue weighted by atomic mass is 9.87. The van der Waals surface area contributed by atoms with Crippen LogP contribution in [0.1, 0.15) is 41.3 Å². The molecule has 0 aliphatic heterocycles. The molecule has 0 nitrogen and oxygen atoms in total. The van der Waals surface area contributed by atoms with Crippen molar-refractivity contribution in [2.45, 2.75) is 39.5 Å². The van der Waals surface area contributed by atoms with Gasteiger partial charge in [-0.15, -0.1) is 11.3 Å². The number of fused-ring (bicyclic) bond motifs is 3. The molecule has 29 heavy (non-hydrogen) atoms. The molecule has 1 unspecified atom stereocenters. The Bertz CT molecular complexity index is 1340. The van der Waals surface area contributed by atoms with Crippen molar-refractivity contribution in [1.29, 1.82) is 0 Å². The Labute approximate surface area is 176 Å². The molecule has 0 spiro atoms. The summed E-state index contributed by atoms with van der Waals surface area (Å²) in [5.74, 6) is 0.494. The Morgan fingerprint density at radius 3 is 2.34 bits per heavy atom. The molecule has 0 fully saturated rings. The van der Waals surface area contributed by atoms with Crippen LogP contribution < -0.4 is 0 Å². The molecular weight excluding hydrogens is 368 g/mol. The predicted octanol–water partition coefficient (Wildman–Crippen LogP) is 8.42. The largest absolute Gasteiger partial charge is 0.140 e. The topological polar surface area (TPSA) is 0 Å². The molecule has 0 saturated heterocycles. The van der Waals surface area contributed by atoms with Gasteiger partial charge < -0.3 is 0 Å². The predicted molar refractivity (Wildman–Crippen MR) is 130 cm³/mol. The van der Waals surface area contributed by atoms with E-state index < -0.39 is 0 Å². The molecule has 0 N–H and O–H groups in total. The van der Waals surface area contributed by atoms with Gasteiger partial charge in [-0.2, -0.15) is 0 Å². The lowest BCUT2D eigenvalue weighted by molar-refractivity contribution is 0.768. The van der Waals surface area contributed by atoms with E-state index in [-0.39, 0.29) is 0 Å². The SMILES string of the molecule is CCc1c2ccccc2cc2c(CC(C)c3c(C)sc4ccccc34)cccc12. The molecule has 0 saturated carbocycles. The first-order valence-electron chi connectivity index (χ1n) is 10.6. The average molecular weight is 395 g/mol. The van der Waals surface area contributed by atoms with Gasteiger partial charge in [0.2, 0.25) is 0 Å². The van der Waals surface area contributed by atoms with E-state index in [1.165, 1.54) is 53.2 Å². The van der Waals surface area contributed by atoms with Crippen molar-refractivity contribution in [2.24, 2.45) is 0 Å². The van der Waals surface area contributed by atoms with Gasteiger partial charge in [-0.1, -0.05) is 74.5 Å². The Hall–Kier alpha value is -2.64. The van der Waals surface area contributed by atoms with Crippen LogP contribution in [0.4, 0.5) is 0 Å². The second kappa shape index (κ2) is 7.31. The van der Waals surface area contributed by atoms with Crippen LogP contribution in [0.3, 0.4) is 0 Å². The van der Waals surface area contributed by atoms with E-state index in [4.69, 9.17) is 0 Å². The standard InChI is InChI=1S/C28H26S/c1-4-22-23-12-6-5-10-21(23)17-26-20(11-9-14-24(22)26)16-18(2)28-19(3)29-27-15-8-7-13-25(27)28/h5-15,17-18H,4,16H2,1-3H3. The molecule has 4 aromatic carbocycles. The molecule has 0 amide bonds. The highest BCUT2D eigenvalue weighted by Gasteiger charge is 2.17. The van der Waals surface area contributed by atoms with Gasteiger partial charge in [0.1, 0.15) is 0 Å². The van der Waals surface area contributed by atoms with Crippen molar-refractivity contribution in [3.63, 3.8) is 0 Å². The zero-order chi connectivity index (χ0) is 20.0. The van der Waals surface area contributed by atoms with Crippen LogP contribution in [-0.2, 0) is 12.8 Å². The van der Waals surface area contributed by atoms with E-state index in [0.29, 0.717) is 5.92 Å². The third kappa shape index (κ3) is 3.05. The van der Waals surface area contributed by atoms with Gasteiger partial charge in [-0.25, -0.2) is 0 Å².